The summed E-state index contributed by atoms with van der Waals surface area (Å²) in [4.78, 5) is 0. The fraction of sp³-hybridized carbons (Fsp3) is 0.308. The summed E-state index contributed by atoms with van der Waals surface area (Å²) in [6.45, 7) is -1.43. The van der Waals surface area contributed by atoms with E-state index >= 15 is 0 Å². The third kappa shape index (κ3) is 3.37. The number of aromatic nitrogens is 2. The van der Waals surface area contributed by atoms with Crippen molar-refractivity contribution in [3.63, 3.8) is 0 Å². The molecule has 0 saturated heterocycles. The highest BCUT2D eigenvalue weighted by Gasteiger charge is 2.10. The maximum atomic E-state index is 12.5. The lowest BCUT2D eigenvalue weighted by Crippen LogP contribution is -2.19. The summed E-state index contributed by atoms with van der Waals surface area (Å²) in [5.41, 5.74) is 1.73. The Kier molecular flexibility index (Phi) is 4.41. The first kappa shape index (κ1) is 12.7. The predicted molar refractivity (Wildman–Crippen MR) is 65.3 cm³/mol. The number of nitrogens with one attached hydrogen (secondary N) is 1. The van der Waals surface area contributed by atoms with Gasteiger partial charge in [-0.05, 0) is 24.6 Å². The predicted octanol–water partition coefficient (Wildman–Crippen LogP) is 2.61. The van der Waals surface area contributed by atoms with Crippen LogP contribution in [0.25, 0.3) is 0 Å². The smallest absolute Gasteiger partial charge is 0.311 e. The van der Waals surface area contributed by atoms with E-state index in [4.69, 9.17) is 0 Å². The summed E-state index contributed by atoms with van der Waals surface area (Å²) in [5, 5.41) is 6.72. The minimum atomic E-state index is -2.58. The molecule has 0 spiro atoms. The number of hydrogen-bond acceptors (Lipinski definition) is 2. The zero-order chi connectivity index (χ0) is 12.8. The van der Waals surface area contributed by atoms with Crippen LogP contribution in [-0.4, -0.2) is 16.3 Å². The van der Waals surface area contributed by atoms with Crippen molar-refractivity contribution in [2.24, 2.45) is 0 Å². The SMILES string of the molecule is FC(F)n1nccc1CNCCc1ccccc1. The molecule has 5 heteroatoms. The molecule has 1 N–H and O–H groups in total. The molecule has 96 valence electrons. The highest BCUT2D eigenvalue weighted by molar-refractivity contribution is 5.14. The van der Waals surface area contributed by atoms with Crippen LogP contribution < -0.4 is 5.32 Å². The average Bonchev–Trinajstić information content (AvgIpc) is 2.84. The van der Waals surface area contributed by atoms with Gasteiger partial charge in [-0.15, -0.1) is 0 Å². The summed E-state index contributed by atoms with van der Waals surface area (Å²) < 4.78 is 25.7. The second-order valence-electron chi connectivity index (χ2n) is 3.96. The van der Waals surface area contributed by atoms with E-state index in [1.807, 2.05) is 30.3 Å². The number of rotatable bonds is 6. The van der Waals surface area contributed by atoms with Crippen molar-refractivity contribution >= 4 is 0 Å². The number of halogens is 2. The molecule has 1 aromatic carbocycles. The van der Waals surface area contributed by atoms with Gasteiger partial charge in [0.15, 0.2) is 0 Å². The number of alkyl halides is 2. The first-order chi connectivity index (χ1) is 8.77. The number of benzene rings is 1. The second kappa shape index (κ2) is 6.26. The van der Waals surface area contributed by atoms with Crippen molar-refractivity contribution in [2.45, 2.75) is 19.5 Å². The average molecular weight is 251 g/mol. The Balaban J connectivity index is 1.77. The molecule has 0 bridgehead atoms. The summed E-state index contributed by atoms with van der Waals surface area (Å²) in [6.07, 6.45) is 2.27. The molecule has 0 aliphatic rings. The zero-order valence-electron chi connectivity index (χ0n) is 9.89. The molecule has 0 aliphatic heterocycles. The van der Waals surface area contributed by atoms with Crippen LogP contribution in [0.4, 0.5) is 8.78 Å². The third-order valence-electron chi connectivity index (χ3n) is 2.68. The molecule has 0 atom stereocenters. The van der Waals surface area contributed by atoms with Gasteiger partial charge < -0.3 is 5.32 Å². The fourth-order valence-corrected chi connectivity index (χ4v) is 1.75. The standard InChI is InChI=1S/C13H15F2N3/c14-13(15)18-12(7-9-17-18)10-16-8-6-11-4-2-1-3-5-11/h1-5,7,9,13,16H,6,8,10H2. The molecule has 0 aliphatic carbocycles. The van der Waals surface area contributed by atoms with Crippen LogP contribution >= 0.6 is 0 Å². The molecule has 3 nitrogen and oxygen atoms in total. The lowest BCUT2D eigenvalue weighted by atomic mass is 10.1. The van der Waals surface area contributed by atoms with Crippen molar-refractivity contribution in [2.75, 3.05) is 6.54 Å². The van der Waals surface area contributed by atoms with Gasteiger partial charge in [-0.3, -0.25) is 0 Å². The normalized spacial score (nSPS) is 11.1. The minimum Gasteiger partial charge on any atom is -0.311 e. The van der Waals surface area contributed by atoms with Gasteiger partial charge in [0.2, 0.25) is 0 Å². The van der Waals surface area contributed by atoms with E-state index in [1.54, 1.807) is 6.07 Å². The van der Waals surface area contributed by atoms with Crippen LogP contribution in [0.15, 0.2) is 42.6 Å². The van der Waals surface area contributed by atoms with E-state index < -0.39 is 6.55 Å². The quantitative estimate of drug-likeness (QED) is 0.800. The van der Waals surface area contributed by atoms with Crippen LogP contribution in [-0.2, 0) is 13.0 Å². The van der Waals surface area contributed by atoms with Crippen molar-refractivity contribution in [1.29, 1.82) is 0 Å². The van der Waals surface area contributed by atoms with Crippen LogP contribution in [0.2, 0.25) is 0 Å². The Morgan fingerprint density at radius 3 is 2.67 bits per heavy atom. The van der Waals surface area contributed by atoms with Gasteiger partial charge >= 0.3 is 6.55 Å². The van der Waals surface area contributed by atoms with Gasteiger partial charge in [-0.2, -0.15) is 13.9 Å². The van der Waals surface area contributed by atoms with E-state index in [2.05, 4.69) is 10.4 Å². The highest BCUT2D eigenvalue weighted by atomic mass is 19.3. The first-order valence-corrected chi connectivity index (χ1v) is 5.82. The molecule has 2 aromatic rings. The summed E-state index contributed by atoms with van der Waals surface area (Å²) in [6, 6.07) is 11.6. The molecule has 0 amide bonds. The van der Waals surface area contributed by atoms with Gasteiger partial charge in [-0.25, -0.2) is 4.68 Å². The van der Waals surface area contributed by atoms with Gasteiger partial charge in [0.1, 0.15) is 0 Å². The number of nitrogens with zero attached hydrogens (tertiary/aromatic N) is 2. The lowest BCUT2D eigenvalue weighted by Gasteiger charge is -2.07. The molecule has 0 radical (unpaired) electrons. The van der Waals surface area contributed by atoms with E-state index in [0.717, 1.165) is 17.6 Å². The van der Waals surface area contributed by atoms with E-state index in [-0.39, 0.29) is 0 Å². The van der Waals surface area contributed by atoms with Gasteiger partial charge in [0.05, 0.1) is 5.69 Å². The topological polar surface area (TPSA) is 29.9 Å². The molecule has 0 fully saturated rings. The first-order valence-electron chi connectivity index (χ1n) is 5.82. The van der Waals surface area contributed by atoms with Crippen molar-refractivity contribution in [3.8, 4) is 0 Å². The lowest BCUT2D eigenvalue weighted by molar-refractivity contribution is 0.0531. The maximum absolute atomic E-state index is 12.5. The Labute approximate surface area is 104 Å². The van der Waals surface area contributed by atoms with Crippen LogP contribution in [0.1, 0.15) is 17.8 Å². The Morgan fingerprint density at radius 2 is 1.94 bits per heavy atom. The van der Waals surface area contributed by atoms with Crippen molar-refractivity contribution in [1.82, 2.24) is 15.1 Å². The van der Waals surface area contributed by atoms with Crippen LogP contribution in [0.3, 0.4) is 0 Å². The Morgan fingerprint density at radius 1 is 1.17 bits per heavy atom. The largest absolute Gasteiger partial charge is 0.333 e. The zero-order valence-corrected chi connectivity index (χ0v) is 9.89. The van der Waals surface area contributed by atoms with Gasteiger partial charge in [0, 0.05) is 12.7 Å². The van der Waals surface area contributed by atoms with Crippen molar-refractivity contribution in [3.05, 3.63) is 53.9 Å². The molecular weight excluding hydrogens is 236 g/mol. The Hall–Kier alpha value is -1.75. The van der Waals surface area contributed by atoms with Crippen LogP contribution in [0, 0.1) is 0 Å². The molecule has 0 saturated carbocycles. The van der Waals surface area contributed by atoms with Crippen LogP contribution in [0.5, 0.6) is 0 Å². The molecule has 18 heavy (non-hydrogen) atoms. The van der Waals surface area contributed by atoms with Crippen molar-refractivity contribution < 1.29 is 8.78 Å². The fourth-order valence-electron chi connectivity index (χ4n) is 1.75. The molecule has 1 heterocycles. The Bertz CT molecular complexity index is 468. The second-order valence-corrected chi connectivity index (χ2v) is 3.96. The monoisotopic (exact) mass is 251 g/mol. The minimum absolute atomic E-state index is 0.400. The summed E-state index contributed by atoms with van der Waals surface area (Å²) in [7, 11) is 0. The van der Waals surface area contributed by atoms with E-state index in [1.165, 1.54) is 11.8 Å². The highest BCUT2D eigenvalue weighted by Crippen LogP contribution is 2.11. The van der Waals surface area contributed by atoms with E-state index in [9.17, 15) is 8.78 Å². The summed E-state index contributed by atoms with van der Waals surface area (Å²) in [5.74, 6) is 0. The summed E-state index contributed by atoms with van der Waals surface area (Å²) >= 11 is 0. The molecule has 1 aromatic heterocycles. The number of hydrogen-bond donors (Lipinski definition) is 1. The maximum Gasteiger partial charge on any atom is 0.333 e. The molecular formula is C13H15F2N3. The third-order valence-corrected chi connectivity index (χ3v) is 2.68. The van der Waals surface area contributed by atoms with Gasteiger partial charge in [0.25, 0.3) is 0 Å². The molecule has 2 rings (SSSR count). The van der Waals surface area contributed by atoms with Gasteiger partial charge in [-0.1, -0.05) is 30.3 Å². The molecule has 0 unspecified atom stereocenters. The van der Waals surface area contributed by atoms with E-state index in [0.29, 0.717) is 12.2 Å².